The molecule has 3 heterocycles. The SMILES string of the molecule is CC1=C(C(=O)Nc2ccc3[nH]ncc3c2)C(CC(C)C)N=C(c2ccnc(Cl)c2)N1. The van der Waals surface area contributed by atoms with Crippen molar-refractivity contribution in [3.63, 3.8) is 0 Å². The smallest absolute Gasteiger partial charge is 0.255 e. The fourth-order valence-electron chi connectivity index (χ4n) is 3.60. The van der Waals surface area contributed by atoms with Gasteiger partial charge in [-0.15, -0.1) is 0 Å². The normalized spacial score (nSPS) is 16.6. The van der Waals surface area contributed by atoms with E-state index in [1.54, 1.807) is 18.5 Å². The molecule has 30 heavy (non-hydrogen) atoms. The van der Waals surface area contributed by atoms with E-state index in [9.17, 15) is 4.79 Å². The molecule has 1 aromatic carbocycles. The van der Waals surface area contributed by atoms with Gasteiger partial charge in [0.1, 0.15) is 11.0 Å². The van der Waals surface area contributed by atoms with Crippen molar-refractivity contribution in [3.8, 4) is 0 Å². The molecule has 0 fully saturated rings. The third-order valence-corrected chi connectivity index (χ3v) is 5.17. The molecule has 1 amide bonds. The molecule has 4 rings (SSSR count). The molecule has 0 bridgehead atoms. The number of carbonyl (C=O) groups excluding carboxylic acids is 1. The monoisotopic (exact) mass is 422 g/mol. The van der Waals surface area contributed by atoms with Crippen molar-refractivity contribution in [1.82, 2.24) is 20.5 Å². The number of amides is 1. The molecule has 0 saturated carbocycles. The molecule has 3 aromatic rings. The number of H-pyrrole nitrogens is 1. The molecule has 0 radical (unpaired) electrons. The minimum Gasteiger partial charge on any atom is -0.343 e. The van der Waals surface area contributed by atoms with Gasteiger partial charge in [0.15, 0.2) is 0 Å². The van der Waals surface area contributed by atoms with Crippen LogP contribution in [0.3, 0.4) is 0 Å². The summed E-state index contributed by atoms with van der Waals surface area (Å²) in [7, 11) is 0. The van der Waals surface area contributed by atoms with Crippen LogP contribution < -0.4 is 10.6 Å². The Hall–Kier alpha value is -3.19. The average Bonchev–Trinajstić information content (AvgIpc) is 3.15. The van der Waals surface area contributed by atoms with Gasteiger partial charge < -0.3 is 10.6 Å². The number of pyridine rings is 1. The first-order chi connectivity index (χ1) is 14.4. The summed E-state index contributed by atoms with van der Waals surface area (Å²) >= 11 is 6.05. The molecule has 1 atom stereocenters. The van der Waals surface area contributed by atoms with Crippen molar-refractivity contribution >= 4 is 39.9 Å². The fourth-order valence-corrected chi connectivity index (χ4v) is 3.78. The number of carbonyl (C=O) groups is 1. The molecule has 0 saturated heterocycles. The Morgan fingerprint density at radius 3 is 2.87 bits per heavy atom. The number of fused-ring (bicyclic) bond motifs is 1. The van der Waals surface area contributed by atoms with Gasteiger partial charge in [0.05, 0.1) is 23.3 Å². The molecule has 1 aliphatic rings. The number of rotatable bonds is 5. The lowest BCUT2D eigenvalue weighted by molar-refractivity contribution is -0.113. The van der Waals surface area contributed by atoms with Gasteiger partial charge in [0, 0.05) is 28.5 Å². The maximum atomic E-state index is 13.2. The van der Waals surface area contributed by atoms with Crippen molar-refractivity contribution in [2.75, 3.05) is 5.32 Å². The first-order valence-corrected chi connectivity index (χ1v) is 10.2. The van der Waals surface area contributed by atoms with Gasteiger partial charge in [-0.3, -0.25) is 14.9 Å². The molecule has 3 N–H and O–H groups in total. The van der Waals surface area contributed by atoms with E-state index in [1.165, 1.54) is 0 Å². The lowest BCUT2D eigenvalue weighted by atomic mass is 9.93. The number of hydrogen-bond donors (Lipinski definition) is 3. The highest BCUT2D eigenvalue weighted by molar-refractivity contribution is 6.29. The van der Waals surface area contributed by atoms with Crippen molar-refractivity contribution in [3.05, 3.63) is 64.7 Å². The zero-order valence-corrected chi connectivity index (χ0v) is 17.8. The zero-order valence-electron chi connectivity index (χ0n) is 17.0. The number of aliphatic imine (C=N–C) groups is 1. The van der Waals surface area contributed by atoms with Gasteiger partial charge >= 0.3 is 0 Å². The molecule has 0 aliphatic carbocycles. The predicted molar refractivity (Wildman–Crippen MR) is 120 cm³/mol. The number of nitrogens with one attached hydrogen (secondary N) is 3. The van der Waals surface area contributed by atoms with Crippen LogP contribution in [-0.4, -0.2) is 33.0 Å². The number of halogens is 1. The number of aromatic nitrogens is 3. The molecule has 0 spiro atoms. The lowest BCUT2D eigenvalue weighted by Crippen LogP contribution is -2.37. The van der Waals surface area contributed by atoms with E-state index in [2.05, 4.69) is 39.7 Å². The van der Waals surface area contributed by atoms with E-state index in [0.717, 1.165) is 28.6 Å². The Bertz CT molecular complexity index is 1160. The van der Waals surface area contributed by atoms with Crippen molar-refractivity contribution in [1.29, 1.82) is 0 Å². The van der Waals surface area contributed by atoms with Crippen LogP contribution in [0.5, 0.6) is 0 Å². The molecular weight excluding hydrogens is 400 g/mol. The van der Waals surface area contributed by atoms with Gasteiger partial charge in [-0.25, -0.2) is 4.98 Å². The standard InChI is InChI=1S/C22H23ClN6O/c1-12(2)8-18-20(13(3)26-21(28-18)14-6-7-24-19(23)10-14)22(30)27-16-4-5-17-15(9-16)11-25-29-17/h4-7,9-12,18H,8H2,1-3H3,(H,25,29)(H,26,28)(H,27,30). The van der Waals surface area contributed by atoms with E-state index < -0.39 is 0 Å². The Morgan fingerprint density at radius 2 is 2.10 bits per heavy atom. The molecule has 2 aromatic heterocycles. The highest BCUT2D eigenvalue weighted by atomic mass is 35.5. The van der Waals surface area contributed by atoms with E-state index >= 15 is 0 Å². The first-order valence-electron chi connectivity index (χ1n) is 9.82. The Balaban J connectivity index is 1.63. The highest BCUT2D eigenvalue weighted by Crippen LogP contribution is 2.26. The Labute approximate surface area is 179 Å². The van der Waals surface area contributed by atoms with Crippen LogP contribution in [0.15, 0.2) is 59.0 Å². The second-order valence-corrected chi connectivity index (χ2v) is 8.17. The molecule has 1 unspecified atom stereocenters. The van der Waals surface area contributed by atoms with Gasteiger partial charge in [-0.1, -0.05) is 25.4 Å². The van der Waals surface area contributed by atoms with Crippen molar-refractivity contribution in [2.24, 2.45) is 10.9 Å². The van der Waals surface area contributed by atoms with Gasteiger partial charge in [-0.05, 0) is 49.6 Å². The maximum Gasteiger partial charge on any atom is 0.255 e. The summed E-state index contributed by atoms with van der Waals surface area (Å²) in [6, 6.07) is 9.00. The summed E-state index contributed by atoms with van der Waals surface area (Å²) in [6.07, 6.45) is 4.13. The third kappa shape index (κ3) is 4.21. The summed E-state index contributed by atoms with van der Waals surface area (Å²) < 4.78 is 0. The number of anilines is 1. The largest absolute Gasteiger partial charge is 0.343 e. The second-order valence-electron chi connectivity index (χ2n) is 7.78. The van der Waals surface area contributed by atoms with E-state index in [0.29, 0.717) is 28.2 Å². The van der Waals surface area contributed by atoms with Crippen LogP contribution in [0.4, 0.5) is 5.69 Å². The van der Waals surface area contributed by atoms with Gasteiger partial charge in [-0.2, -0.15) is 5.10 Å². The number of allylic oxidation sites excluding steroid dienone is 1. The minimum absolute atomic E-state index is 0.163. The van der Waals surface area contributed by atoms with Crippen LogP contribution in [0.2, 0.25) is 5.15 Å². The number of amidine groups is 1. The topological polar surface area (TPSA) is 95.1 Å². The zero-order chi connectivity index (χ0) is 21.3. The van der Waals surface area contributed by atoms with Crippen LogP contribution >= 0.6 is 11.6 Å². The summed E-state index contributed by atoms with van der Waals surface area (Å²) in [4.78, 5) is 22.1. The van der Waals surface area contributed by atoms with Crippen LogP contribution in [0.25, 0.3) is 10.9 Å². The van der Waals surface area contributed by atoms with E-state index in [4.69, 9.17) is 16.6 Å². The fraction of sp³-hybridized carbons (Fsp3) is 0.273. The first kappa shape index (κ1) is 20.1. The van der Waals surface area contributed by atoms with E-state index in [1.807, 2.05) is 31.2 Å². The van der Waals surface area contributed by atoms with Crippen LogP contribution in [0.1, 0.15) is 32.8 Å². The van der Waals surface area contributed by atoms with Crippen molar-refractivity contribution in [2.45, 2.75) is 33.2 Å². The molecule has 1 aliphatic heterocycles. The summed E-state index contributed by atoms with van der Waals surface area (Å²) in [5.74, 6) is 0.903. The minimum atomic E-state index is -0.258. The Kier molecular flexibility index (Phi) is 5.55. The number of hydrogen-bond acceptors (Lipinski definition) is 5. The lowest BCUT2D eigenvalue weighted by Gasteiger charge is -2.27. The molecular formula is C22H23ClN6O. The summed E-state index contributed by atoms with van der Waals surface area (Å²) in [6.45, 7) is 6.15. The van der Waals surface area contributed by atoms with Crippen LogP contribution in [0, 0.1) is 5.92 Å². The Morgan fingerprint density at radius 1 is 1.27 bits per heavy atom. The predicted octanol–water partition coefficient (Wildman–Crippen LogP) is 4.29. The van der Waals surface area contributed by atoms with Crippen LogP contribution in [-0.2, 0) is 4.79 Å². The maximum absolute atomic E-state index is 13.2. The average molecular weight is 423 g/mol. The molecule has 7 nitrogen and oxygen atoms in total. The quantitative estimate of drug-likeness (QED) is 0.534. The number of aromatic amines is 1. The summed E-state index contributed by atoms with van der Waals surface area (Å²) in [5.41, 5.74) is 3.90. The molecule has 8 heteroatoms. The number of nitrogens with zero attached hydrogens (tertiary/aromatic N) is 3. The van der Waals surface area contributed by atoms with Crippen molar-refractivity contribution < 1.29 is 4.79 Å². The number of benzene rings is 1. The summed E-state index contributed by atoms with van der Waals surface area (Å²) in [5, 5.41) is 14.6. The second kappa shape index (κ2) is 8.28. The molecule has 154 valence electrons. The highest BCUT2D eigenvalue weighted by Gasteiger charge is 2.29. The van der Waals surface area contributed by atoms with E-state index in [-0.39, 0.29) is 11.9 Å². The van der Waals surface area contributed by atoms with Gasteiger partial charge in [0.25, 0.3) is 5.91 Å². The van der Waals surface area contributed by atoms with Gasteiger partial charge in [0.2, 0.25) is 0 Å². The third-order valence-electron chi connectivity index (χ3n) is 4.97.